The molecular weight excluding hydrogens is 212 g/mol. The van der Waals surface area contributed by atoms with E-state index < -0.39 is 0 Å². The second-order valence-electron chi connectivity index (χ2n) is 6.12. The van der Waals surface area contributed by atoms with E-state index in [1.165, 1.54) is 5.57 Å². The first-order valence-corrected chi connectivity index (χ1v) is 6.46. The maximum Gasteiger partial charge on any atom is 0.161 e. The Hall–Kier alpha value is -0.890. The number of carbonyl (C=O) groups is 1. The SMILES string of the molecule is C=C1CCC=C(CO)C(=O)C[C@@H]2[C@@H]1CC2(C)C. The molecule has 2 aliphatic carbocycles. The fourth-order valence-corrected chi connectivity index (χ4v) is 3.31. The molecule has 0 aromatic rings. The van der Waals surface area contributed by atoms with E-state index in [0.29, 0.717) is 23.8 Å². The first-order chi connectivity index (χ1) is 7.95. The molecule has 0 aromatic heterocycles. The Morgan fingerprint density at radius 1 is 1.53 bits per heavy atom. The van der Waals surface area contributed by atoms with Crippen molar-refractivity contribution >= 4 is 5.78 Å². The number of aliphatic hydroxyl groups is 1. The molecule has 0 heterocycles. The molecule has 2 rings (SSSR count). The number of hydrogen-bond acceptors (Lipinski definition) is 2. The molecule has 0 unspecified atom stereocenters. The van der Waals surface area contributed by atoms with Crippen molar-refractivity contribution < 1.29 is 9.90 Å². The highest BCUT2D eigenvalue weighted by Crippen LogP contribution is 2.56. The summed E-state index contributed by atoms with van der Waals surface area (Å²) in [5.41, 5.74) is 2.13. The normalized spacial score (nSPS) is 32.8. The smallest absolute Gasteiger partial charge is 0.161 e. The van der Waals surface area contributed by atoms with Crippen LogP contribution in [-0.4, -0.2) is 17.5 Å². The van der Waals surface area contributed by atoms with Gasteiger partial charge < -0.3 is 5.11 Å². The van der Waals surface area contributed by atoms with Crippen molar-refractivity contribution in [2.75, 3.05) is 6.61 Å². The molecule has 2 heteroatoms. The quantitative estimate of drug-likeness (QED) is 0.708. The lowest BCUT2D eigenvalue weighted by Gasteiger charge is -2.52. The number of hydrogen-bond donors (Lipinski definition) is 1. The summed E-state index contributed by atoms with van der Waals surface area (Å²) < 4.78 is 0. The van der Waals surface area contributed by atoms with Gasteiger partial charge in [0, 0.05) is 12.0 Å². The van der Waals surface area contributed by atoms with Crippen LogP contribution >= 0.6 is 0 Å². The third kappa shape index (κ3) is 2.23. The second kappa shape index (κ2) is 4.41. The number of fused-ring (bicyclic) bond motifs is 1. The van der Waals surface area contributed by atoms with Crippen molar-refractivity contribution in [2.45, 2.75) is 39.5 Å². The largest absolute Gasteiger partial charge is 0.392 e. The van der Waals surface area contributed by atoms with Gasteiger partial charge in [-0.25, -0.2) is 0 Å². The van der Waals surface area contributed by atoms with Crippen LogP contribution in [0.15, 0.2) is 23.8 Å². The van der Waals surface area contributed by atoms with Crippen LogP contribution in [0, 0.1) is 17.3 Å². The first kappa shape index (κ1) is 12.6. The maximum absolute atomic E-state index is 12.1. The fraction of sp³-hybridized carbons (Fsp3) is 0.667. The molecule has 2 nitrogen and oxygen atoms in total. The third-order valence-electron chi connectivity index (χ3n) is 4.55. The predicted molar refractivity (Wildman–Crippen MR) is 68.5 cm³/mol. The zero-order valence-electron chi connectivity index (χ0n) is 10.8. The van der Waals surface area contributed by atoms with E-state index in [9.17, 15) is 9.90 Å². The summed E-state index contributed by atoms with van der Waals surface area (Å²) in [5.74, 6) is 1.06. The van der Waals surface area contributed by atoms with Crippen LogP contribution in [0.2, 0.25) is 0 Å². The van der Waals surface area contributed by atoms with E-state index in [1.807, 2.05) is 6.08 Å². The second-order valence-corrected chi connectivity index (χ2v) is 6.12. The molecule has 0 radical (unpaired) electrons. The Balaban J connectivity index is 2.22. The van der Waals surface area contributed by atoms with Gasteiger partial charge in [0.1, 0.15) is 0 Å². The molecular formula is C15H22O2. The van der Waals surface area contributed by atoms with E-state index in [-0.39, 0.29) is 17.8 Å². The van der Waals surface area contributed by atoms with Crippen LogP contribution < -0.4 is 0 Å². The van der Waals surface area contributed by atoms with Gasteiger partial charge in [-0.05, 0) is 36.5 Å². The van der Waals surface area contributed by atoms with Gasteiger partial charge in [0.15, 0.2) is 5.78 Å². The van der Waals surface area contributed by atoms with Crippen molar-refractivity contribution in [3.05, 3.63) is 23.8 Å². The van der Waals surface area contributed by atoms with Crippen LogP contribution in [0.3, 0.4) is 0 Å². The molecule has 0 amide bonds. The Bertz CT molecular complexity index is 376. The molecule has 0 spiro atoms. The van der Waals surface area contributed by atoms with Gasteiger partial charge >= 0.3 is 0 Å². The van der Waals surface area contributed by atoms with E-state index >= 15 is 0 Å². The third-order valence-corrected chi connectivity index (χ3v) is 4.55. The fourth-order valence-electron chi connectivity index (χ4n) is 3.31. The lowest BCUT2D eigenvalue weighted by Crippen LogP contribution is -2.45. The summed E-state index contributed by atoms with van der Waals surface area (Å²) in [6.45, 7) is 8.52. The van der Waals surface area contributed by atoms with Gasteiger partial charge in [0.2, 0.25) is 0 Å². The predicted octanol–water partition coefficient (Wildman–Crippen LogP) is 2.88. The molecule has 17 heavy (non-hydrogen) atoms. The molecule has 2 aliphatic rings. The molecule has 0 saturated heterocycles. The zero-order chi connectivity index (χ0) is 12.6. The lowest BCUT2D eigenvalue weighted by molar-refractivity contribution is -0.121. The topological polar surface area (TPSA) is 37.3 Å². The maximum atomic E-state index is 12.1. The lowest BCUT2D eigenvalue weighted by atomic mass is 9.52. The molecule has 0 aromatic carbocycles. The highest BCUT2D eigenvalue weighted by molar-refractivity contribution is 5.95. The van der Waals surface area contributed by atoms with Crippen molar-refractivity contribution in [2.24, 2.45) is 17.3 Å². The molecule has 0 bridgehead atoms. The summed E-state index contributed by atoms with van der Waals surface area (Å²) in [7, 11) is 0. The summed E-state index contributed by atoms with van der Waals surface area (Å²) >= 11 is 0. The van der Waals surface area contributed by atoms with Gasteiger partial charge in [-0.1, -0.05) is 32.1 Å². The number of rotatable bonds is 1. The van der Waals surface area contributed by atoms with E-state index in [1.54, 1.807) is 0 Å². The number of ketones is 1. The Morgan fingerprint density at radius 3 is 2.82 bits per heavy atom. The van der Waals surface area contributed by atoms with Crippen molar-refractivity contribution in [1.82, 2.24) is 0 Å². The van der Waals surface area contributed by atoms with E-state index in [2.05, 4.69) is 20.4 Å². The molecule has 1 fully saturated rings. The van der Waals surface area contributed by atoms with Crippen LogP contribution in [0.4, 0.5) is 0 Å². The number of allylic oxidation sites excluding steroid dienone is 2. The van der Waals surface area contributed by atoms with Crippen molar-refractivity contribution in [1.29, 1.82) is 0 Å². The standard InChI is InChI=1S/C15H22O2/c1-10-5-4-6-11(9-16)14(17)7-13-12(10)8-15(13,2)3/h6,12-13,16H,1,4-5,7-9H2,2-3H3/t12-,13-/m1/s1. The molecule has 0 aliphatic heterocycles. The zero-order valence-corrected chi connectivity index (χ0v) is 10.8. The minimum absolute atomic E-state index is 0.122. The summed E-state index contributed by atoms with van der Waals surface area (Å²) in [5, 5.41) is 9.22. The average Bonchev–Trinajstić information content (AvgIpc) is 2.31. The van der Waals surface area contributed by atoms with Gasteiger partial charge in [0.05, 0.1) is 6.61 Å². The summed E-state index contributed by atoms with van der Waals surface area (Å²) in [6.07, 6.45) is 5.41. The molecule has 1 saturated carbocycles. The van der Waals surface area contributed by atoms with Gasteiger partial charge in [-0.3, -0.25) is 4.79 Å². The van der Waals surface area contributed by atoms with Crippen molar-refractivity contribution in [3.8, 4) is 0 Å². The Kier molecular flexibility index (Phi) is 3.26. The summed E-state index contributed by atoms with van der Waals surface area (Å²) in [4.78, 5) is 12.1. The highest BCUT2D eigenvalue weighted by Gasteiger charge is 2.48. The van der Waals surface area contributed by atoms with Crippen molar-refractivity contribution in [3.63, 3.8) is 0 Å². The minimum Gasteiger partial charge on any atom is -0.392 e. The first-order valence-electron chi connectivity index (χ1n) is 6.46. The van der Waals surface area contributed by atoms with Gasteiger partial charge in [-0.2, -0.15) is 0 Å². The molecule has 1 N–H and O–H groups in total. The number of carbonyl (C=O) groups excluding carboxylic acids is 1. The Labute approximate surface area is 103 Å². The number of aliphatic hydroxyl groups excluding tert-OH is 1. The Morgan fingerprint density at radius 2 is 2.24 bits per heavy atom. The molecule has 2 atom stereocenters. The molecule has 94 valence electrons. The van der Waals surface area contributed by atoms with Crippen LogP contribution in [0.5, 0.6) is 0 Å². The van der Waals surface area contributed by atoms with E-state index in [0.717, 1.165) is 19.3 Å². The van der Waals surface area contributed by atoms with Crippen LogP contribution in [-0.2, 0) is 4.79 Å². The highest BCUT2D eigenvalue weighted by atomic mass is 16.3. The van der Waals surface area contributed by atoms with Gasteiger partial charge in [0.25, 0.3) is 0 Å². The summed E-state index contributed by atoms with van der Waals surface area (Å²) in [6, 6.07) is 0. The van der Waals surface area contributed by atoms with E-state index in [4.69, 9.17) is 0 Å². The average molecular weight is 234 g/mol. The van der Waals surface area contributed by atoms with Crippen LogP contribution in [0.25, 0.3) is 0 Å². The minimum atomic E-state index is -0.122. The van der Waals surface area contributed by atoms with Crippen LogP contribution in [0.1, 0.15) is 39.5 Å². The van der Waals surface area contributed by atoms with Gasteiger partial charge in [-0.15, -0.1) is 0 Å². The number of Topliss-reactive ketones (excluding diaryl/α,β-unsaturated/α-hetero) is 1. The monoisotopic (exact) mass is 234 g/mol.